The van der Waals surface area contributed by atoms with Gasteiger partial charge in [-0.2, -0.15) is 13.2 Å². The average Bonchev–Trinajstić information content (AvgIpc) is 3.16. The predicted octanol–water partition coefficient (Wildman–Crippen LogP) is 6.04. The third-order valence-electron chi connectivity index (χ3n) is 6.87. The number of imidazole rings is 1. The average molecular weight is 582 g/mol. The number of alkyl halides is 3. The number of nitrogens with zero attached hydrogens (tertiary/aromatic N) is 4. The first-order valence-electron chi connectivity index (χ1n) is 12.1. The van der Waals surface area contributed by atoms with Gasteiger partial charge in [-0.05, 0) is 61.9 Å². The molecule has 0 unspecified atom stereocenters. The molecule has 3 aromatic heterocycles. The number of amides is 1. The number of nitrogens with one attached hydrogen (secondary N) is 1. The molecular weight excluding hydrogens is 561 g/mol. The van der Waals surface area contributed by atoms with Crippen molar-refractivity contribution in [3.63, 3.8) is 0 Å². The second-order valence-corrected chi connectivity index (χ2v) is 10.3. The summed E-state index contributed by atoms with van der Waals surface area (Å²) in [5.41, 5.74) is -1.01. The van der Waals surface area contributed by atoms with Crippen molar-refractivity contribution in [1.29, 1.82) is 0 Å². The van der Waals surface area contributed by atoms with E-state index in [1.807, 2.05) is 0 Å². The minimum atomic E-state index is -4.80. The SMILES string of the molecule is O=C(N[C@H]1CC[C@H](Cn2c(=O)n(-c3cc(F)ccc3Cl)c3cnccc32)CC1)c1cc(Cl)cnc1C(F)(F)F. The van der Waals surface area contributed by atoms with Crippen LogP contribution in [0.1, 0.15) is 41.7 Å². The first-order chi connectivity index (χ1) is 18.5. The fraction of sp³-hybridized carbons (Fsp3) is 0.308. The van der Waals surface area contributed by atoms with Crippen LogP contribution in [0.5, 0.6) is 0 Å². The van der Waals surface area contributed by atoms with Gasteiger partial charge in [-0.3, -0.25) is 18.9 Å². The smallest absolute Gasteiger partial charge is 0.349 e. The number of pyridine rings is 2. The summed E-state index contributed by atoms with van der Waals surface area (Å²) in [6, 6.07) is 6.09. The third-order valence-corrected chi connectivity index (χ3v) is 7.40. The normalized spacial score (nSPS) is 17.9. The Labute approximate surface area is 229 Å². The molecule has 1 aromatic carbocycles. The summed E-state index contributed by atoms with van der Waals surface area (Å²) in [4.78, 5) is 33.6. The predicted molar refractivity (Wildman–Crippen MR) is 138 cm³/mol. The van der Waals surface area contributed by atoms with Gasteiger partial charge < -0.3 is 5.32 Å². The van der Waals surface area contributed by atoms with Crippen molar-refractivity contribution in [2.75, 3.05) is 0 Å². The molecule has 1 N–H and O–H groups in total. The zero-order chi connectivity index (χ0) is 27.9. The molecule has 1 aliphatic carbocycles. The maximum absolute atomic E-state index is 14.0. The maximum Gasteiger partial charge on any atom is 0.434 e. The van der Waals surface area contributed by atoms with E-state index in [0.717, 1.165) is 12.3 Å². The van der Waals surface area contributed by atoms with Gasteiger partial charge >= 0.3 is 11.9 Å². The van der Waals surface area contributed by atoms with Crippen molar-refractivity contribution < 1.29 is 22.4 Å². The number of carbonyl (C=O) groups is 1. The molecule has 4 aromatic rings. The maximum atomic E-state index is 14.0. The van der Waals surface area contributed by atoms with E-state index in [0.29, 0.717) is 43.3 Å². The second-order valence-electron chi connectivity index (χ2n) is 9.43. The van der Waals surface area contributed by atoms with Gasteiger partial charge in [-0.15, -0.1) is 0 Å². The molecule has 204 valence electrons. The van der Waals surface area contributed by atoms with Crippen LogP contribution in [-0.4, -0.2) is 31.1 Å². The molecule has 7 nitrogen and oxygen atoms in total. The van der Waals surface area contributed by atoms with E-state index in [-0.39, 0.29) is 27.7 Å². The number of hydrogen-bond acceptors (Lipinski definition) is 4. The summed E-state index contributed by atoms with van der Waals surface area (Å²) in [5.74, 6) is -1.37. The van der Waals surface area contributed by atoms with Gasteiger partial charge in [-0.1, -0.05) is 23.2 Å². The highest BCUT2D eigenvalue weighted by atomic mass is 35.5. The van der Waals surface area contributed by atoms with Crippen LogP contribution in [0.25, 0.3) is 16.7 Å². The summed E-state index contributed by atoms with van der Waals surface area (Å²) in [6.07, 6.45) is 1.39. The largest absolute Gasteiger partial charge is 0.434 e. The Morgan fingerprint density at radius 2 is 1.79 bits per heavy atom. The second kappa shape index (κ2) is 10.6. The van der Waals surface area contributed by atoms with Gasteiger partial charge in [-0.25, -0.2) is 14.2 Å². The van der Waals surface area contributed by atoms with E-state index >= 15 is 0 Å². The lowest BCUT2D eigenvalue weighted by Gasteiger charge is -2.29. The lowest BCUT2D eigenvalue weighted by atomic mass is 9.85. The van der Waals surface area contributed by atoms with Gasteiger partial charge in [0.05, 0.1) is 38.5 Å². The molecule has 13 heteroatoms. The molecule has 1 aliphatic rings. The Kier molecular flexibility index (Phi) is 7.39. The van der Waals surface area contributed by atoms with Crippen LogP contribution in [0.4, 0.5) is 17.6 Å². The number of hydrogen-bond donors (Lipinski definition) is 1. The van der Waals surface area contributed by atoms with Crippen LogP contribution in [-0.2, 0) is 12.7 Å². The van der Waals surface area contributed by atoms with Crippen LogP contribution in [0, 0.1) is 11.7 Å². The minimum Gasteiger partial charge on any atom is -0.349 e. The number of carbonyl (C=O) groups excluding carboxylic acids is 1. The van der Waals surface area contributed by atoms with E-state index in [1.54, 1.807) is 16.8 Å². The monoisotopic (exact) mass is 581 g/mol. The van der Waals surface area contributed by atoms with E-state index in [4.69, 9.17) is 23.2 Å². The Bertz CT molecular complexity index is 1610. The number of halogens is 6. The number of aromatic nitrogens is 4. The van der Waals surface area contributed by atoms with E-state index in [1.165, 1.54) is 29.0 Å². The number of fused-ring (bicyclic) bond motifs is 1. The lowest BCUT2D eigenvalue weighted by molar-refractivity contribution is -0.141. The van der Waals surface area contributed by atoms with Crippen LogP contribution in [0.15, 0.2) is 53.7 Å². The first kappa shape index (κ1) is 27.1. The van der Waals surface area contributed by atoms with E-state index < -0.39 is 34.8 Å². The fourth-order valence-corrected chi connectivity index (χ4v) is 5.38. The molecule has 1 fully saturated rings. The van der Waals surface area contributed by atoms with E-state index in [2.05, 4.69) is 15.3 Å². The van der Waals surface area contributed by atoms with Crippen molar-refractivity contribution in [3.8, 4) is 5.69 Å². The lowest BCUT2D eigenvalue weighted by Crippen LogP contribution is -2.39. The molecule has 0 spiro atoms. The van der Waals surface area contributed by atoms with Crippen molar-refractivity contribution in [2.24, 2.45) is 5.92 Å². The minimum absolute atomic E-state index is 0.0598. The van der Waals surface area contributed by atoms with Crippen LogP contribution in [0.2, 0.25) is 10.0 Å². The Balaban J connectivity index is 1.32. The van der Waals surface area contributed by atoms with Gasteiger partial charge in [0.2, 0.25) is 0 Å². The van der Waals surface area contributed by atoms with Crippen LogP contribution >= 0.6 is 23.2 Å². The van der Waals surface area contributed by atoms with Gasteiger partial charge in [0, 0.05) is 25.0 Å². The molecule has 5 rings (SSSR count). The van der Waals surface area contributed by atoms with Gasteiger partial charge in [0.15, 0.2) is 5.69 Å². The van der Waals surface area contributed by atoms with Crippen molar-refractivity contribution >= 4 is 40.1 Å². The Morgan fingerprint density at radius 1 is 1.05 bits per heavy atom. The highest BCUT2D eigenvalue weighted by molar-refractivity contribution is 6.32. The molecule has 0 aliphatic heterocycles. The highest BCUT2D eigenvalue weighted by Gasteiger charge is 2.38. The van der Waals surface area contributed by atoms with Crippen LogP contribution in [0.3, 0.4) is 0 Å². The Morgan fingerprint density at radius 3 is 2.51 bits per heavy atom. The zero-order valence-electron chi connectivity index (χ0n) is 20.2. The van der Waals surface area contributed by atoms with Crippen LogP contribution < -0.4 is 11.0 Å². The topological polar surface area (TPSA) is 81.8 Å². The van der Waals surface area contributed by atoms with Gasteiger partial charge in [0.25, 0.3) is 5.91 Å². The van der Waals surface area contributed by atoms with Crippen molar-refractivity contribution in [3.05, 3.63) is 86.5 Å². The van der Waals surface area contributed by atoms with E-state index in [9.17, 15) is 27.2 Å². The molecule has 3 heterocycles. The highest BCUT2D eigenvalue weighted by Crippen LogP contribution is 2.32. The molecule has 1 amide bonds. The zero-order valence-corrected chi connectivity index (χ0v) is 21.7. The summed E-state index contributed by atoms with van der Waals surface area (Å²) >= 11 is 12.1. The number of benzene rings is 1. The molecular formula is C26H21Cl2F4N5O2. The van der Waals surface area contributed by atoms with Gasteiger partial charge in [0.1, 0.15) is 5.82 Å². The molecule has 0 radical (unpaired) electrons. The summed E-state index contributed by atoms with van der Waals surface area (Å²) in [6.45, 7) is 0.358. The van der Waals surface area contributed by atoms with Crippen molar-refractivity contribution in [1.82, 2.24) is 24.4 Å². The van der Waals surface area contributed by atoms with Crippen molar-refractivity contribution in [2.45, 2.75) is 44.4 Å². The third kappa shape index (κ3) is 5.51. The molecule has 39 heavy (non-hydrogen) atoms. The molecule has 0 saturated heterocycles. The standard InChI is InChI=1S/C26H21Cl2F4N5O2/c27-15-9-18(23(34-11-15)26(30,31)32)24(38)35-17-4-1-14(2-5-17)13-36-20-7-8-33-12-22(20)37(25(36)39)21-10-16(29)3-6-19(21)28/h3,6-12,14,17H,1-2,4-5,13H2,(H,35,38)/t14-,17-. The molecule has 0 atom stereocenters. The molecule has 1 saturated carbocycles. The Hall–Kier alpha value is -3.44. The summed E-state index contributed by atoms with van der Waals surface area (Å²) in [5, 5.41) is 2.81. The number of rotatable bonds is 5. The molecule has 0 bridgehead atoms. The summed E-state index contributed by atoms with van der Waals surface area (Å²) in [7, 11) is 0. The first-order valence-corrected chi connectivity index (χ1v) is 12.8. The fourth-order valence-electron chi connectivity index (χ4n) is 5.02. The summed E-state index contributed by atoms with van der Waals surface area (Å²) < 4.78 is 56.9. The quantitative estimate of drug-likeness (QED) is 0.291.